The van der Waals surface area contributed by atoms with Gasteiger partial charge in [0.05, 0.1) is 16.7 Å². The number of hydrogen-bond acceptors (Lipinski definition) is 2. The molecule has 0 bridgehead atoms. The molecule has 1 atom stereocenters. The van der Waals surface area contributed by atoms with E-state index in [9.17, 15) is 35.9 Å². The molecule has 2 rings (SSSR count). The Bertz CT molecular complexity index is 877. The third-order valence-electron chi connectivity index (χ3n) is 3.82. The molecule has 3 N–H and O–H groups in total. The van der Waals surface area contributed by atoms with Crippen LogP contribution >= 0.6 is 0 Å². The third-order valence-corrected chi connectivity index (χ3v) is 3.82. The Balaban J connectivity index is 2.26. The van der Waals surface area contributed by atoms with Gasteiger partial charge in [0.25, 0.3) is 5.91 Å². The van der Waals surface area contributed by atoms with Gasteiger partial charge < -0.3 is 11.1 Å². The minimum Gasteiger partial charge on any atom is -0.368 e. The van der Waals surface area contributed by atoms with Gasteiger partial charge in [0.2, 0.25) is 5.91 Å². The molecule has 28 heavy (non-hydrogen) atoms. The predicted octanol–water partition coefficient (Wildman–Crippen LogP) is 3.55. The largest absolute Gasteiger partial charge is 0.417 e. The van der Waals surface area contributed by atoms with Crippen LogP contribution in [0.4, 0.5) is 26.3 Å². The maximum Gasteiger partial charge on any atom is 0.417 e. The van der Waals surface area contributed by atoms with Crippen molar-refractivity contribution in [3.8, 4) is 0 Å². The van der Waals surface area contributed by atoms with E-state index >= 15 is 0 Å². The first-order chi connectivity index (χ1) is 12.9. The minimum atomic E-state index is -4.81. The molecule has 2 aromatic rings. The number of amides is 2. The smallest absolute Gasteiger partial charge is 0.368 e. The quantitative estimate of drug-likeness (QED) is 0.749. The average Bonchev–Trinajstić information content (AvgIpc) is 2.59. The summed E-state index contributed by atoms with van der Waals surface area (Å²) in [5.41, 5.74) is 2.28. The number of benzene rings is 2. The Labute approximate surface area is 155 Å². The van der Waals surface area contributed by atoms with Gasteiger partial charge in [0.1, 0.15) is 6.04 Å². The van der Waals surface area contributed by atoms with E-state index < -0.39 is 53.3 Å². The van der Waals surface area contributed by atoms with E-state index in [1.54, 1.807) is 0 Å². The summed E-state index contributed by atoms with van der Waals surface area (Å²) in [5.74, 6) is -2.32. The molecular formula is C18H14F6N2O2. The standard InChI is InChI=1S/C18H14F6N2O2/c19-17(20,21)11-5-3-4-10(8-11)9-14(15(25)27)26-16(28)12-6-1-2-7-13(12)18(22,23)24/h1-8,14H,9H2,(H2,25,27)(H,26,28)/t14-/m1/s1. The number of primary amides is 1. The summed E-state index contributed by atoms with van der Waals surface area (Å²) in [6, 6.07) is 6.38. The van der Waals surface area contributed by atoms with Gasteiger partial charge in [0, 0.05) is 6.42 Å². The number of carbonyl (C=O) groups is 2. The van der Waals surface area contributed by atoms with Crippen molar-refractivity contribution in [3.63, 3.8) is 0 Å². The molecule has 0 saturated carbocycles. The van der Waals surface area contributed by atoms with Crippen molar-refractivity contribution in [1.82, 2.24) is 5.32 Å². The Kier molecular flexibility index (Phi) is 6.01. The zero-order chi connectivity index (χ0) is 21.1. The molecule has 0 saturated heterocycles. The predicted molar refractivity (Wildman–Crippen MR) is 87.0 cm³/mol. The van der Waals surface area contributed by atoms with Crippen LogP contribution in [0.15, 0.2) is 48.5 Å². The summed E-state index contributed by atoms with van der Waals surface area (Å²) in [4.78, 5) is 23.8. The third kappa shape index (κ3) is 5.24. The first-order valence-corrected chi connectivity index (χ1v) is 7.82. The summed E-state index contributed by atoms with van der Waals surface area (Å²) in [6.07, 6.45) is -9.84. The van der Waals surface area contributed by atoms with Crippen LogP contribution in [0.25, 0.3) is 0 Å². The van der Waals surface area contributed by atoms with Crippen LogP contribution in [-0.4, -0.2) is 17.9 Å². The number of nitrogens with two attached hydrogens (primary N) is 1. The lowest BCUT2D eigenvalue weighted by Crippen LogP contribution is -2.46. The molecule has 0 fully saturated rings. The van der Waals surface area contributed by atoms with E-state index in [2.05, 4.69) is 5.32 Å². The maximum atomic E-state index is 13.0. The fourth-order valence-corrected chi connectivity index (χ4v) is 2.50. The van der Waals surface area contributed by atoms with E-state index in [-0.39, 0.29) is 5.56 Å². The summed E-state index contributed by atoms with van der Waals surface area (Å²) in [7, 11) is 0. The number of nitrogens with one attached hydrogen (secondary N) is 1. The Hall–Kier alpha value is -3.04. The summed E-state index contributed by atoms with van der Waals surface area (Å²) in [6.45, 7) is 0. The van der Waals surface area contributed by atoms with Gasteiger partial charge in [-0.3, -0.25) is 9.59 Å². The van der Waals surface area contributed by atoms with Gasteiger partial charge in [-0.25, -0.2) is 0 Å². The molecule has 10 heteroatoms. The highest BCUT2D eigenvalue weighted by atomic mass is 19.4. The van der Waals surface area contributed by atoms with Crippen molar-refractivity contribution in [1.29, 1.82) is 0 Å². The monoisotopic (exact) mass is 404 g/mol. The van der Waals surface area contributed by atoms with Crippen LogP contribution in [0, 0.1) is 0 Å². The SMILES string of the molecule is NC(=O)[C@@H](Cc1cccc(C(F)(F)F)c1)NC(=O)c1ccccc1C(F)(F)F. The first-order valence-electron chi connectivity index (χ1n) is 7.82. The molecule has 150 valence electrons. The molecular weight excluding hydrogens is 390 g/mol. The number of carbonyl (C=O) groups excluding carboxylic acids is 2. The molecule has 4 nitrogen and oxygen atoms in total. The van der Waals surface area contributed by atoms with Crippen molar-refractivity contribution >= 4 is 11.8 Å². The van der Waals surface area contributed by atoms with Gasteiger partial charge in [-0.2, -0.15) is 26.3 Å². The lowest BCUT2D eigenvalue weighted by Gasteiger charge is -2.18. The molecule has 0 spiro atoms. The molecule has 2 aromatic carbocycles. The summed E-state index contributed by atoms with van der Waals surface area (Å²) >= 11 is 0. The molecule has 0 heterocycles. The normalized spacial score (nSPS) is 13.1. The summed E-state index contributed by atoms with van der Waals surface area (Å²) < 4.78 is 77.4. The highest BCUT2D eigenvalue weighted by Gasteiger charge is 2.35. The van der Waals surface area contributed by atoms with E-state index in [1.165, 1.54) is 12.1 Å². The van der Waals surface area contributed by atoms with Crippen molar-refractivity contribution in [2.24, 2.45) is 5.73 Å². The highest BCUT2D eigenvalue weighted by Crippen LogP contribution is 2.32. The van der Waals surface area contributed by atoms with Gasteiger partial charge in [-0.1, -0.05) is 30.3 Å². The van der Waals surface area contributed by atoms with Crippen LogP contribution in [0.3, 0.4) is 0 Å². The Morgan fingerprint density at radius 2 is 1.57 bits per heavy atom. The number of hydrogen-bond donors (Lipinski definition) is 2. The zero-order valence-corrected chi connectivity index (χ0v) is 14.1. The number of halogens is 6. The highest BCUT2D eigenvalue weighted by molar-refractivity contribution is 5.98. The second-order valence-electron chi connectivity index (χ2n) is 5.87. The average molecular weight is 404 g/mol. The molecule has 0 aliphatic carbocycles. The molecule has 0 unspecified atom stereocenters. The van der Waals surface area contributed by atoms with Crippen LogP contribution in [-0.2, 0) is 23.6 Å². The molecule has 0 radical (unpaired) electrons. The topological polar surface area (TPSA) is 72.2 Å². The molecule has 2 amide bonds. The minimum absolute atomic E-state index is 0.0306. The Morgan fingerprint density at radius 3 is 2.14 bits per heavy atom. The number of alkyl halides is 6. The van der Waals surface area contributed by atoms with E-state index in [0.717, 1.165) is 30.3 Å². The number of rotatable bonds is 5. The van der Waals surface area contributed by atoms with E-state index in [1.807, 2.05) is 0 Å². The maximum absolute atomic E-state index is 13.0. The Morgan fingerprint density at radius 1 is 0.929 bits per heavy atom. The molecule has 0 aliphatic rings. The second kappa shape index (κ2) is 7.91. The fourth-order valence-electron chi connectivity index (χ4n) is 2.50. The first kappa shape index (κ1) is 21.3. The molecule has 0 aliphatic heterocycles. The van der Waals surface area contributed by atoms with E-state index in [4.69, 9.17) is 5.73 Å². The van der Waals surface area contributed by atoms with Crippen molar-refractivity contribution in [3.05, 3.63) is 70.8 Å². The van der Waals surface area contributed by atoms with Crippen molar-refractivity contribution in [2.45, 2.75) is 24.8 Å². The van der Waals surface area contributed by atoms with Crippen LogP contribution in [0.1, 0.15) is 27.0 Å². The van der Waals surface area contributed by atoms with Crippen LogP contribution < -0.4 is 11.1 Å². The van der Waals surface area contributed by atoms with Crippen molar-refractivity contribution < 1.29 is 35.9 Å². The second-order valence-corrected chi connectivity index (χ2v) is 5.87. The van der Waals surface area contributed by atoms with Crippen LogP contribution in [0.5, 0.6) is 0 Å². The lowest BCUT2D eigenvalue weighted by atomic mass is 10.0. The van der Waals surface area contributed by atoms with Gasteiger partial charge >= 0.3 is 12.4 Å². The van der Waals surface area contributed by atoms with Gasteiger partial charge in [-0.05, 0) is 23.8 Å². The van der Waals surface area contributed by atoms with Gasteiger partial charge in [-0.15, -0.1) is 0 Å². The van der Waals surface area contributed by atoms with E-state index in [0.29, 0.717) is 6.07 Å². The molecule has 0 aromatic heterocycles. The van der Waals surface area contributed by atoms with Gasteiger partial charge in [0.15, 0.2) is 0 Å². The van der Waals surface area contributed by atoms with Crippen LogP contribution in [0.2, 0.25) is 0 Å². The fraction of sp³-hybridized carbons (Fsp3) is 0.222. The van der Waals surface area contributed by atoms with Crippen molar-refractivity contribution in [2.75, 3.05) is 0 Å². The summed E-state index contributed by atoms with van der Waals surface area (Å²) in [5, 5.41) is 2.06. The zero-order valence-electron chi connectivity index (χ0n) is 14.1. The lowest BCUT2D eigenvalue weighted by molar-refractivity contribution is -0.138.